The zero-order valence-corrected chi connectivity index (χ0v) is 12.0. The van der Waals surface area contributed by atoms with Crippen LogP contribution in [0.1, 0.15) is 46.5 Å². The molecule has 0 rings (SSSR count). The van der Waals surface area contributed by atoms with Crippen molar-refractivity contribution in [2.24, 2.45) is 0 Å². The first-order valence-electron chi connectivity index (χ1n) is 6.74. The number of hydrogen-bond donors (Lipinski definition) is 4. The van der Waals surface area contributed by atoms with Crippen molar-refractivity contribution in [2.75, 3.05) is 6.54 Å². The lowest BCUT2D eigenvalue weighted by Crippen LogP contribution is -2.37. The molecule has 6 heteroatoms. The lowest BCUT2D eigenvalue weighted by molar-refractivity contribution is -0.138. The highest BCUT2D eigenvalue weighted by Crippen LogP contribution is 2.03. The van der Waals surface area contributed by atoms with Crippen LogP contribution in [0.4, 0.5) is 0 Å². The number of carbonyl (C=O) groups is 2. The van der Waals surface area contributed by atoms with Gasteiger partial charge in [-0.25, -0.2) is 0 Å². The van der Waals surface area contributed by atoms with E-state index in [1.165, 1.54) is 0 Å². The summed E-state index contributed by atoms with van der Waals surface area (Å²) in [7, 11) is 0. The molecule has 0 aromatic rings. The van der Waals surface area contributed by atoms with Gasteiger partial charge in [0, 0.05) is 24.7 Å². The van der Waals surface area contributed by atoms with Crippen LogP contribution in [0, 0.1) is 0 Å². The van der Waals surface area contributed by atoms with Crippen LogP contribution >= 0.6 is 0 Å². The Balaban J connectivity index is 3.68. The second kappa shape index (κ2) is 9.75. The SMILES string of the molecule is CC(CCC(C)NC(C)CC(=O)O)NCCC(=O)O. The third-order valence-electron chi connectivity index (χ3n) is 2.91. The van der Waals surface area contributed by atoms with Gasteiger partial charge in [0.15, 0.2) is 0 Å². The van der Waals surface area contributed by atoms with Crippen molar-refractivity contribution in [3.63, 3.8) is 0 Å². The predicted octanol–water partition coefficient (Wildman–Crippen LogP) is 1.06. The van der Waals surface area contributed by atoms with Gasteiger partial charge in [0.2, 0.25) is 0 Å². The van der Waals surface area contributed by atoms with Crippen LogP contribution < -0.4 is 10.6 Å². The predicted molar refractivity (Wildman–Crippen MR) is 73.3 cm³/mol. The molecule has 112 valence electrons. The molecule has 19 heavy (non-hydrogen) atoms. The monoisotopic (exact) mass is 274 g/mol. The first-order chi connectivity index (χ1) is 8.81. The fourth-order valence-corrected chi connectivity index (χ4v) is 1.92. The minimum Gasteiger partial charge on any atom is -0.481 e. The Morgan fingerprint density at radius 2 is 1.53 bits per heavy atom. The van der Waals surface area contributed by atoms with E-state index in [9.17, 15) is 9.59 Å². The molecular formula is C13H26N2O4. The Labute approximate surface area is 114 Å². The molecule has 3 atom stereocenters. The second-order valence-corrected chi connectivity index (χ2v) is 5.14. The highest BCUT2D eigenvalue weighted by atomic mass is 16.4. The lowest BCUT2D eigenvalue weighted by atomic mass is 10.1. The van der Waals surface area contributed by atoms with E-state index in [0.717, 1.165) is 12.8 Å². The van der Waals surface area contributed by atoms with Crippen molar-refractivity contribution in [3.05, 3.63) is 0 Å². The van der Waals surface area contributed by atoms with Gasteiger partial charge < -0.3 is 20.8 Å². The molecule has 3 unspecified atom stereocenters. The van der Waals surface area contributed by atoms with E-state index in [1.807, 2.05) is 20.8 Å². The van der Waals surface area contributed by atoms with Crippen LogP contribution in [-0.4, -0.2) is 46.8 Å². The first kappa shape index (κ1) is 17.9. The van der Waals surface area contributed by atoms with Crippen LogP contribution in [-0.2, 0) is 9.59 Å². The summed E-state index contributed by atoms with van der Waals surface area (Å²) in [5.41, 5.74) is 0. The first-order valence-corrected chi connectivity index (χ1v) is 6.74. The van der Waals surface area contributed by atoms with E-state index >= 15 is 0 Å². The average Bonchev–Trinajstić information content (AvgIpc) is 2.24. The molecule has 0 aromatic heterocycles. The summed E-state index contributed by atoms with van der Waals surface area (Å²) in [6.45, 7) is 6.39. The fraction of sp³-hybridized carbons (Fsp3) is 0.846. The van der Waals surface area contributed by atoms with E-state index in [0.29, 0.717) is 6.54 Å². The van der Waals surface area contributed by atoms with Crippen molar-refractivity contribution in [3.8, 4) is 0 Å². The quantitative estimate of drug-likeness (QED) is 0.450. The number of carboxylic acid groups (broad SMARTS) is 2. The fourth-order valence-electron chi connectivity index (χ4n) is 1.92. The number of hydrogen-bond acceptors (Lipinski definition) is 4. The Morgan fingerprint density at radius 3 is 2.05 bits per heavy atom. The Bertz CT molecular complexity index is 284. The summed E-state index contributed by atoms with van der Waals surface area (Å²) in [5.74, 6) is -1.59. The van der Waals surface area contributed by atoms with E-state index in [4.69, 9.17) is 10.2 Å². The van der Waals surface area contributed by atoms with Gasteiger partial charge in [0.25, 0.3) is 0 Å². The smallest absolute Gasteiger partial charge is 0.304 e. The Kier molecular flexibility index (Phi) is 9.16. The zero-order valence-electron chi connectivity index (χ0n) is 12.0. The van der Waals surface area contributed by atoms with Gasteiger partial charge in [-0.15, -0.1) is 0 Å². The molecule has 0 aliphatic carbocycles. The second-order valence-electron chi connectivity index (χ2n) is 5.14. The third kappa shape index (κ3) is 11.7. The summed E-state index contributed by atoms with van der Waals surface area (Å²) >= 11 is 0. The van der Waals surface area contributed by atoms with Crippen LogP contribution in [0.5, 0.6) is 0 Å². The van der Waals surface area contributed by atoms with Gasteiger partial charge >= 0.3 is 11.9 Å². The van der Waals surface area contributed by atoms with E-state index < -0.39 is 11.9 Å². The van der Waals surface area contributed by atoms with Gasteiger partial charge in [0.05, 0.1) is 12.8 Å². The highest BCUT2D eigenvalue weighted by Gasteiger charge is 2.12. The van der Waals surface area contributed by atoms with E-state index in [1.54, 1.807) is 0 Å². The van der Waals surface area contributed by atoms with Crippen molar-refractivity contribution in [2.45, 2.75) is 64.6 Å². The van der Waals surface area contributed by atoms with Crippen molar-refractivity contribution < 1.29 is 19.8 Å². The van der Waals surface area contributed by atoms with E-state index in [2.05, 4.69) is 10.6 Å². The van der Waals surface area contributed by atoms with Crippen molar-refractivity contribution >= 4 is 11.9 Å². The number of nitrogens with one attached hydrogen (secondary N) is 2. The standard InChI is InChI=1S/C13H26N2O4/c1-9(14-7-6-12(16)17)4-5-10(2)15-11(3)8-13(18)19/h9-11,14-15H,4-8H2,1-3H3,(H,16,17)(H,18,19). The van der Waals surface area contributed by atoms with E-state index in [-0.39, 0.29) is 31.0 Å². The van der Waals surface area contributed by atoms with Crippen LogP contribution in [0.25, 0.3) is 0 Å². The summed E-state index contributed by atoms with van der Waals surface area (Å²) in [5, 5.41) is 23.6. The maximum absolute atomic E-state index is 10.5. The van der Waals surface area contributed by atoms with Crippen LogP contribution in [0.15, 0.2) is 0 Å². The van der Waals surface area contributed by atoms with Crippen molar-refractivity contribution in [1.29, 1.82) is 0 Å². The molecule has 0 aliphatic heterocycles. The molecule has 0 bridgehead atoms. The molecule has 0 spiro atoms. The van der Waals surface area contributed by atoms with Crippen LogP contribution in [0.2, 0.25) is 0 Å². The Morgan fingerprint density at radius 1 is 0.947 bits per heavy atom. The summed E-state index contributed by atoms with van der Waals surface area (Å²) in [6.07, 6.45) is 2.10. The number of rotatable bonds is 11. The van der Waals surface area contributed by atoms with Gasteiger partial charge in [-0.3, -0.25) is 9.59 Å². The van der Waals surface area contributed by atoms with Crippen molar-refractivity contribution in [1.82, 2.24) is 10.6 Å². The van der Waals surface area contributed by atoms with Gasteiger partial charge in [-0.05, 0) is 33.6 Å². The van der Waals surface area contributed by atoms with Gasteiger partial charge in [-0.1, -0.05) is 0 Å². The minimum atomic E-state index is -0.795. The maximum Gasteiger partial charge on any atom is 0.304 e. The molecule has 0 aromatic carbocycles. The molecule has 0 saturated carbocycles. The molecule has 4 N–H and O–H groups in total. The largest absolute Gasteiger partial charge is 0.481 e. The van der Waals surface area contributed by atoms with Crippen LogP contribution in [0.3, 0.4) is 0 Å². The number of carboxylic acids is 2. The third-order valence-corrected chi connectivity index (χ3v) is 2.91. The molecular weight excluding hydrogens is 248 g/mol. The van der Waals surface area contributed by atoms with Gasteiger partial charge in [-0.2, -0.15) is 0 Å². The molecule has 0 fully saturated rings. The molecule has 0 radical (unpaired) electrons. The molecule has 6 nitrogen and oxygen atoms in total. The topological polar surface area (TPSA) is 98.7 Å². The maximum atomic E-state index is 10.5. The Hall–Kier alpha value is -1.14. The summed E-state index contributed by atoms with van der Waals surface area (Å²) in [4.78, 5) is 20.9. The average molecular weight is 274 g/mol. The lowest BCUT2D eigenvalue weighted by Gasteiger charge is -2.21. The molecule has 0 aliphatic rings. The molecule has 0 heterocycles. The van der Waals surface area contributed by atoms with Gasteiger partial charge in [0.1, 0.15) is 0 Å². The highest BCUT2D eigenvalue weighted by molar-refractivity contribution is 5.67. The summed E-state index contributed by atoms with van der Waals surface area (Å²) < 4.78 is 0. The minimum absolute atomic E-state index is 0.0391. The molecule has 0 amide bonds. The molecule has 0 saturated heterocycles. The normalized spacial score (nSPS) is 15.7. The summed E-state index contributed by atoms with van der Waals surface area (Å²) in [6, 6.07) is 0.472. The number of aliphatic carboxylic acids is 2. The zero-order chi connectivity index (χ0) is 14.8.